The highest BCUT2D eigenvalue weighted by Crippen LogP contribution is 2.30. The molecule has 2 aromatic heterocycles. The van der Waals surface area contributed by atoms with Crippen molar-refractivity contribution in [1.29, 1.82) is 0 Å². The fourth-order valence-electron chi connectivity index (χ4n) is 3.73. The molecular weight excluding hydrogens is 400 g/mol. The minimum Gasteiger partial charge on any atom is -0.455 e. The standard InChI is InChI=1S/C26H22N4O2/c1-17(31)29-23-11-4-5-12-25(23)32-19-8-6-7-18(13-19)15-27-26-14-21-20-9-2-3-10-22(20)30-24(21)16-28-26/h2-14,16,30H,15H2,1H3,(H,27,28)(H,29,31). The predicted molar refractivity (Wildman–Crippen MR) is 128 cm³/mol. The lowest BCUT2D eigenvalue weighted by atomic mass is 10.2. The molecule has 3 aromatic carbocycles. The van der Waals surface area contributed by atoms with Crippen molar-refractivity contribution in [3.8, 4) is 11.5 Å². The first kappa shape index (κ1) is 19.6. The monoisotopic (exact) mass is 422 g/mol. The van der Waals surface area contributed by atoms with Gasteiger partial charge in [0, 0.05) is 29.8 Å². The van der Waals surface area contributed by atoms with Crippen molar-refractivity contribution in [1.82, 2.24) is 9.97 Å². The maximum Gasteiger partial charge on any atom is 0.221 e. The molecule has 32 heavy (non-hydrogen) atoms. The first-order chi connectivity index (χ1) is 15.7. The van der Waals surface area contributed by atoms with Gasteiger partial charge in [-0.05, 0) is 42.0 Å². The lowest BCUT2D eigenvalue weighted by Crippen LogP contribution is -2.06. The Bertz CT molecular complexity index is 1420. The van der Waals surface area contributed by atoms with Crippen molar-refractivity contribution in [2.75, 3.05) is 10.6 Å². The molecule has 0 saturated carbocycles. The number of rotatable bonds is 6. The van der Waals surface area contributed by atoms with Gasteiger partial charge in [-0.25, -0.2) is 4.98 Å². The van der Waals surface area contributed by atoms with Crippen molar-refractivity contribution in [3.63, 3.8) is 0 Å². The third-order valence-corrected chi connectivity index (χ3v) is 5.19. The van der Waals surface area contributed by atoms with Crippen molar-refractivity contribution in [3.05, 3.63) is 90.6 Å². The summed E-state index contributed by atoms with van der Waals surface area (Å²) < 4.78 is 6.04. The molecule has 3 N–H and O–H groups in total. The molecule has 0 bridgehead atoms. The number of ether oxygens (including phenoxy) is 1. The highest BCUT2D eigenvalue weighted by Gasteiger charge is 2.08. The van der Waals surface area contributed by atoms with Gasteiger partial charge in [0.25, 0.3) is 0 Å². The van der Waals surface area contributed by atoms with Crippen molar-refractivity contribution in [2.24, 2.45) is 0 Å². The number of para-hydroxylation sites is 3. The molecule has 0 spiro atoms. The van der Waals surface area contributed by atoms with E-state index in [1.54, 1.807) is 0 Å². The first-order valence-electron chi connectivity index (χ1n) is 10.4. The van der Waals surface area contributed by atoms with E-state index in [9.17, 15) is 4.79 Å². The lowest BCUT2D eigenvalue weighted by molar-refractivity contribution is -0.114. The predicted octanol–water partition coefficient (Wildman–Crippen LogP) is 6.08. The maximum atomic E-state index is 11.4. The Hall–Kier alpha value is -4.32. The van der Waals surface area contributed by atoms with Gasteiger partial charge in [-0.15, -0.1) is 0 Å². The van der Waals surface area contributed by atoms with E-state index in [0.29, 0.717) is 23.7 Å². The van der Waals surface area contributed by atoms with Crippen LogP contribution in [0.2, 0.25) is 0 Å². The Morgan fingerprint density at radius 3 is 2.69 bits per heavy atom. The lowest BCUT2D eigenvalue weighted by Gasteiger charge is -2.12. The number of fused-ring (bicyclic) bond motifs is 3. The Balaban J connectivity index is 1.33. The highest BCUT2D eigenvalue weighted by molar-refractivity contribution is 6.07. The summed E-state index contributed by atoms with van der Waals surface area (Å²) in [6.07, 6.45) is 1.86. The Kier molecular flexibility index (Phi) is 5.17. The number of anilines is 2. The summed E-state index contributed by atoms with van der Waals surface area (Å²) in [5.74, 6) is 1.96. The second-order valence-electron chi connectivity index (χ2n) is 7.57. The van der Waals surface area contributed by atoms with E-state index in [1.165, 1.54) is 12.3 Å². The van der Waals surface area contributed by atoms with Gasteiger partial charge in [0.1, 0.15) is 11.6 Å². The number of aromatic amines is 1. The Labute approximate surface area is 185 Å². The SMILES string of the molecule is CC(=O)Nc1ccccc1Oc1cccc(CNc2cc3c(cn2)[nH]c2ccccc23)c1. The fourth-order valence-corrected chi connectivity index (χ4v) is 3.73. The summed E-state index contributed by atoms with van der Waals surface area (Å²) in [7, 11) is 0. The number of hydrogen-bond donors (Lipinski definition) is 3. The summed E-state index contributed by atoms with van der Waals surface area (Å²) >= 11 is 0. The van der Waals surface area contributed by atoms with Gasteiger partial charge >= 0.3 is 0 Å². The van der Waals surface area contributed by atoms with Crippen LogP contribution in [0, 0.1) is 0 Å². The van der Waals surface area contributed by atoms with Crippen LogP contribution in [0.25, 0.3) is 21.8 Å². The van der Waals surface area contributed by atoms with E-state index in [2.05, 4.69) is 38.8 Å². The van der Waals surface area contributed by atoms with Gasteiger partial charge in [-0.1, -0.05) is 42.5 Å². The Morgan fingerprint density at radius 2 is 1.78 bits per heavy atom. The van der Waals surface area contributed by atoms with Crippen LogP contribution >= 0.6 is 0 Å². The summed E-state index contributed by atoms with van der Waals surface area (Å²) in [6, 6.07) is 25.5. The van der Waals surface area contributed by atoms with Crippen molar-refractivity contribution < 1.29 is 9.53 Å². The summed E-state index contributed by atoms with van der Waals surface area (Å²) in [5.41, 5.74) is 3.82. The topological polar surface area (TPSA) is 79.0 Å². The fraction of sp³-hybridized carbons (Fsp3) is 0.0769. The van der Waals surface area contributed by atoms with E-state index in [0.717, 1.165) is 27.8 Å². The van der Waals surface area contributed by atoms with Crippen molar-refractivity contribution >= 4 is 39.2 Å². The van der Waals surface area contributed by atoms with E-state index in [-0.39, 0.29) is 5.91 Å². The molecule has 0 unspecified atom stereocenters. The molecular formula is C26H22N4O2. The second kappa shape index (κ2) is 8.43. The van der Waals surface area contributed by atoms with E-state index in [1.807, 2.05) is 66.9 Å². The van der Waals surface area contributed by atoms with Gasteiger partial charge in [0.2, 0.25) is 5.91 Å². The van der Waals surface area contributed by atoms with Crippen LogP contribution < -0.4 is 15.4 Å². The molecule has 0 aliphatic rings. The van der Waals surface area contributed by atoms with Gasteiger partial charge in [0.05, 0.1) is 17.4 Å². The molecule has 2 heterocycles. The molecule has 0 radical (unpaired) electrons. The van der Waals surface area contributed by atoms with Crippen LogP contribution in [0.4, 0.5) is 11.5 Å². The zero-order valence-electron chi connectivity index (χ0n) is 17.6. The summed E-state index contributed by atoms with van der Waals surface area (Å²) in [4.78, 5) is 19.4. The number of pyridine rings is 1. The van der Waals surface area contributed by atoms with Crippen LogP contribution in [0.1, 0.15) is 12.5 Å². The largest absolute Gasteiger partial charge is 0.455 e. The molecule has 5 rings (SSSR count). The van der Waals surface area contributed by atoms with Crippen LogP contribution in [0.5, 0.6) is 11.5 Å². The third kappa shape index (κ3) is 4.11. The molecule has 0 atom stereocenters. The number of hydrogen-bond acceptors (Lipinski definition) is 4. The molecule has 0 fully saturated rings. The minimum absolute atomic E-state index is 0.140. The number of amides is 1. The van der Waals surface area contributed by atoms with Gasteiger partial charge in [0.15, 0.2) is 5.75 Å². The van der Waals surface area contributed by atoms with Crippen LogP contribution in [-0.2, 0) is 11.3 Å². The number of aromatic nitrogens is 2. The van der Waals surface area contributed by atoms with Gasteiger partial charge in [-0.3, -0.25) is 4.79 Å². The molecule has 0 aliphatic heterocycles. The Morgan fingerprint density at radius 1 is 0.938 bits per heavy atom. The molecule has 0 aliphatic carbocycles. The number of nitrogens with zero attached hydrogens (tertiary/aromatic N) is 1. The van der Waals surface area contributed by atoms with Gasteiger partial charge < -0.3 is 20.4 Å². The van der Waals surface area contributed by atoms with Crippen LogP contribution in [-0.4, -0.2) is 15.9 Å². The third-order valence-electron chi connectivity index (χ3n) is 5.19. The summed E-state index contributed by atoms with van der Waals surface area (Å²) in [5, 5.41) is 8.52. The zero-order valence-corrected chi connectivity index (χ0v) is 17.6. The minimum atomic E-state index is -0.140. The van der Waals surface area contributed by atoms with E-state index in [4.69, 9.17) is 4.74 Å². The highest BCUT2D eigenvalue weighted by atomic mass is 16.5. The maximum absolute atomic E-state index is 11.4. The van der Waals surface area contributed by atoms with E-state index >= 15 is 0 Å². The normalized spacial score (nSPS) is 10.9. The molecule has 1 amide bonds. The number of H-pyrrole nitrogens is 1. The molecule has 0 saturated heterocycles. The number of carbonyl (C=O) groups is 1. The van der Waals surface area contributed by atoms with Crippen LogP contribution in [0.3, 0.4) is 0 Å². The molecule has 6 nitrogen and oxygen atoms in total. The average Bonchev–Trinajstić information content (AvgIpc) is 3.17. The number of nitrogens with one attached hydrogen (secondary N) is 3. The number of carbonyl (C=O) groups excluding carboxylic acids is 1. The molecule has 5 aromatic rings. The first-order valence-corrected chi connectivity index (χ1v) is 10.4. The second-order valence-corrected chi connectivity index (χ2v) is 7.57. The van der Waals surface area contributed by atoms with Gasteiger partial charge in [-0.2, -0.15) is 0 Å². The molecule has 6 heteroatoms. The van der Waals surface area contributed by atoms with Crippen molar-refractivity contribution in [2.45, 2.75) is 13.5 Å². The zero-order chi connectivity index (χ0) is 21.9. The summed E-state index contributed by atoms with van der Waals surface area (Å²) in [6.45, 7) is 2.08. The number of benzene rings is 3. The van der Waals surface area contributed by atoms with Crippen LogP contribution in [0.15, 0.2) is 85.1 Å². The quantitative estimate of drug-likeness (QED) is 0.310. The smallest absolute Gasteiger partial charge is 0.221 e. The molecule has 158 valence electrons. The average molecular weight is 422 g/mol. The van der Waals surface area contributed by atoms with E-state index < -0.39 is 0 Å².